The highest BCUT2D eigenvalue weighted by molar-refractivity contribution is 7.99. The van der Waals surface area contributed by atoms with Crippen molar-refractivity contribution in [2.45, 2.75) is 38.4 Å². The molecule has 0 aliphatic carbocycles. The average molecular weight is 349 g/mol. The lowest BCUT2D eigenvalue weighted by Crippen LogP contribution is -2.38. The third-order valence-electron chi connectivity index (χ3n) is 4.75. The zero-order valence-electron chi connectivity index (χ0n) is 14.5. The van der Waals surface area contributed by atoms with Gasteiger partial charge >= 0.3 is 0 Å². The largest absolute Gasteiger partial charge is 0.373 e. The van der Waals surface area contributed by atoms with Crippen LogP contribution >= 0.6 is 11.8 Å². The fourth-order valence-electron chi connectivity index (χ4n) is 3.50. The lowest BCUT2D eigenvalue weighted by atomic mass is 10.0. The van der Waals surface area contributed by atoms with Crippen molar-refractivity contribution < 1.29 is 9.53 Å². The second-order valence-electron chi connectivity index (χ2n) is 6.63. The van der Waals surface area contributed by atoms with Gasteiger partial charge in [0, 0.05) is 43.2 Å². The number of carbonyl (C=O) groups is 1. The maximum atomic E-state index is 12.0. The number of rotatable bonds is 6. The zero-order valence-corrected chi connectivity index (χ0v) is 15.3. The maximum absolute atomic E-state index is 12.0. The van der Waals surface area contributed by atoms with Gasteiger partial charge in [-0.15, -0.1) is 0 Å². The fraction of sp³-hybridized carbons (Fsp3) is 0.632. The van der Waals surface area contributed by atoms with E-state index in [0.29, 0.717) is 18.8 Å². The molecule has 2 saturated heterocycles. The van der Waals surface area contributed by atoms with Crippen LogP contribution in [0.1, 0.15) is 35.7 Å². The zero-order chi connectivity index (χ0) is 16.8. The number of nitrogens with zero attached hydrogens (tertiary/aromatic N) is 1. The van der Waals surface area contributed by atoms with E-state index in [1.54, 1.807) is 0 Å². The van der Waals surface area contributed by atoms with Crippen LogP contribution in [0, 0.1) is 0 Å². The van der Waals surface area contributed by atoms with Gasteiger partial charge in [0.2, 0.25) is 0 Å². The van der Waals surface area contributed by atoms with E-state index in [4.69, 9.17) is 4.74 Å². The summed E-state index contributed by atoms with van der Waals surface area (Å²) in [5.74, 6) is 2.51. The number of amides is 1. The Morgan fingerprint density at radius 1 is 1.29 bits per heavy atom. The van der Waals surface area contributed by atoms with E-state index >= 15 is 0 Å². The molecule has 0 spiro atoms. The molecular formula is C19H28N2O2S. The highest BCUT2D eigenvalue weighted by atomic mass is 32.2. The highest BCUT2D eigenvalue weighted by Crippen LogP contribution is 2.24. The van der Waals surface area contributed by atoms with Crippen molar-refractivity contribution in [1.82, 2.24) is 10.2 Å². The molecule has 2 fully saturated rings. The summed E-state index contributed by atoms with van der Waals surface area (Å²) < 4.78 is 6.27. The van der Waals surface area contributed by atoms with E-state index in [1.165, 1.54) is 30.2 Å². The molecule has 24 heavy (non-hydrogen) atoms. The summed E-state index contributed by atoms with van der Waals surface area (Å²) in [6.45, 7) is 6.07. The summed E-state index contributed by atoms with van der Waals surface area (Å²) >= 11 is 2.05. The Kier molecular flexibility index (Phi) is 6.58. The van der Waals surface area contributed by atoms with Gasteiger partial charge in [0.1, 0.15) is 0 Å². The summed E-state index contributed by atoms with van der Waals surface area (Å²) in [7, 11) is 0. The van der Waals surface area contributed by atoms with Crippen molar-refractivity contribution in [3.63, 3.8) is 0 Å². The summed E-state index contributed by atoms with van der Waals surface area (Å²) in [5, 5.41) is 2.86. The topological polar surface area (TPSA) is 41.6 Å². The average Bonchev–Trinajstić information content (AvgIpc) is 3.03. The summed E-state index contributed by atoms with van der Waals surface area (Å²) in [4.78, 5) is 14.5. The maximum Gasteiger partial charge on any atom is 0.251 e. The van der Waals surface area contributed by atoms with Crippen molar-refractivity contribution in [2.75, 3.05) is 37.7 Å². The van der Waals surface area contributed by atoms with Crippen LogP contribution in [0.2, 0.25) is 0 Å². The van der Waals surface area contributed by atoms with Crippen LogP contribution < -0.4 is 5.32 Å². The molecular weight excluding hydrogens is 320 g/mol. The molecule has 1 aromatic carbocycles. The van der Waals surface area contributed by atoms with Crippen LogP contribution in [0.15, 0.2) is 24.3 Å². The number of ether oxygens (including phenoxy) is 1. The molecule has 3 rings (SSSR count). The van der Waals surface area contributed by atoms with Gasteiger partial charge in [-0.1, -0.05) is 12.1 Å². The predicted octanol–water partition coefficient (Wildman–Crippen LogP) is 2.58. The third-order valence-corrected chi connectivity index (χ3v) is 5.69. The predicted molar refractivity (Wildman–Crippen MR) is 99.8 cm³/mol. The van der Waals surface area contributed by atoms with Crippen molar-refractivity contribution in [3.05, 3.63) is 35.4 Å². The minimum atomic E-state index is 0.00698. The van der Waals surface area contributed by atoms with Gasteiger partial charge in [-0.25, -0.2) is 0 Å². The number of carbonyl (C=O) groups excluding carboxylic acids is 1. The quantitative estimate of drug-likeness (QED) is 0.858. The van der Waals surface area contributed by atoms with E-state index in [0.717, 1.165) is 31.4 Å². The van der Waals surface area contributed by atoms with E-state index in [2.05, 4.69) is 28.0 Å². The second-order valence-corrected chi connectivity index (χ2v) is 7.86. The van der Waals surface area contributed by atoms with E-state index in [1.807, 2.05) is 25.1 Å². The Balaban J connectivity index is 1.50. The van der Waals surface area contributed by atoms with Gasteiger partial charge in [0.05, 0.1) is 12.2 Å². The standard InChI is InChI=1S/C19H28N2O2S/c1-2-20-19(22)16-5-3-4-15(12-16)13-17-6-7-18(23-17)14-21-8-10-24-11-9-21/h3-5,12,17-18H,2,6-11,13-14H2,1H3,(H,20,22)/t17-,18+/m0/s1. The molecule has 0 bridgehead atoms. The first-order valence-corrected chi connectivity index (χ1v) is 10.2. The molecule has 1 N–H and O–H groups in total. The first-order valence-electron chi connectivity index (χ1n) is 9.07. The number of hydrogen-bond acceptors (Lipinski definition) is 4. The van der Waals surface area contributed by atoms with Gasteiger partial charge in [-0.2, -0.15) is 11.8 Å². The molecule has 1 amide bonds. The molecule has 0 saturated carbocycles. The van der Waals surface area contributed by atoms with Crippen molar-refractivity contribution >= 4 is 17.7 Å². The van der Waals surface area contributed by atoms with Crippen LogP contribution in [0.4, 0.5) is 0 Å². The van der Waals surface area contributed by atoms with E-state index in [-0.39, 0.29) is 5.91 Å². The summed E-state index contributed by atoms with van der Waals surface area (Å²) in [5.41, 5.74) is 1.94. The molecule has 2 atom stereocenters. The Morgan fingerprint density at radius 2 is 2.08 bits per heavy atom. The van der Waals surface area contributed by atoms with Gasteiger partial charge in [-0.05, 0) is 43.9 Å². The highest BCUT2D eigenvalue weighted by Gasteiger charge is 2.27. The van der Waals surface area contributed by atoms with Crippen LogP contribution in [-0.2, 0) is 11.2 Å². The van der Waals surface area contributed by atoms with Gasteiger partial charge in [0.25, 0.3) is 5.91 Å². The normalized spacial score (nSPS) is 24.9. The Labute approximate surface area is 149 Å². The van der Waals surface area contributed by atoms with Crippen molar-refractivity contribution in [1.29, 1.82) is 0 Å². The van der Waals surface area contributed by atoms with Gasteiger partial charge in [-0.3, -0.25) is 9.69 Å². The smallest absolute Gasteiger partial charge is 0.251 e. The van der Waals surface area contributed by atoms with Crippen LogP contribution in [0.5, 0.6) is 0 Å². The summed E-state index contributed by atoms with van der Waals surface area (Å²) in [6, 6.07) is 7.95. The fourth-order valence-corrected chi connectivity index (χ4v) is 4.48. The SMILES string of the molecule is CCNC(=O)c1cccc(C[C@@H]2CC[C@H](CN3CCSCC3)O2)c1. The lowest BCUT2D eigenvalue weighted by molar-refractivity contribution is 0.0251. The van der Waals surface area contributed by atoms with Crippen LogP contribution in [0.25, 0.3) is 0 Å². The molecule has 1 aromatic rings. The molecule has 2 heterocycles. The number of hydrogen-bond donors (Lipinski definition) is 1. The molecule has 2 aliphatic heterocycles. The van der Waals surface area contributed by atoms with Gasteiger partial charge < -0.3 is 10.1 Å². The van der Waals surface area contributed by atoms with Crippen LogP contribution in [0.3, 0.4) is 0 Å². The van der Waals surface area contributed by atoms with Crippen molar-refractivity contribution in [2.24, 2.45) is 0 Å². The van der Waals surface area contributed by atoms with Crippen molar-refractivity contribution in [3.8, 4) is 0 Å². The minimum absolute atomic E-state index is 0.00698. The second kappa shape index (κ2) is 8.88. The van der Waals surface area contributed by atoms with Crippen LogP contribution in [-0.4, -0.2) is 60.7 Å². The van der Waals surface area contributed by atoms with Gasteiger partial charge in [0.15, 0.2) is 0 Å². The molecule has 4 nitrogen and oxygen atoms in total. The Bertz CT molecular complexity index is 546. The first-order chi connectivity index (χ1) is 11.7. The molecule has 132 valence electrons. The van der Waals surface area contributed by atoms with E-state index in [9.17, 15) is 4.79 Å². The molecule has 0 aromatic heterocycles. The Morgan fingerprint density at radius 3 is 2.88 bits per heavy atom. The number of benzene rings is 1. The molecule has 0 unspecified atom stereocenters. The first kappa shape index (κ1) is 17.8. The number of thioether (sulfide) groups is 1. The molecule has 2 aliphatic rings. The summed E-state index contributed by atoms with van der Waals surface area (Å²) in [6.07, 6.45) is 3.85. The molecule has 5 heteroatoms. The molecule has 0 radical (unpaired) electrons. The monoisotopic (exact) mass is 348 g/mol. The van der Waals surface area contributed by atoms with E-state index < -0.39 is 0 Å². The number of nitrogens with one attached hydrogen (secondary N) is 1. The lowest BCUT2D eigenvalue weighted by Gasteiger charge is -2.28. The Hall–Kier alpha value is -1.04. The minimum Gasteiger partial charge on any atom is -0.373 e. The third kappa shape index (κ3) is 4.98.